The van der Waals surface area contributed by atoms with E-state index in [9.17, 15) is 18.4 Å². The van der Waals surface area contributed by atoms with Gasteiger partial charge in [-0.3, -0.25) is 10.00 Å². The summed E-state index contributed by atoms with van der Waals surface area (Å²) in [6, 6.07) is 4.18. The predicted octanol–water partition coefficient (Wildman–Crippen LogP) is 4.04. The highest BCUT2D eigenvalue weighted by molar-refractivity contribution is 5.74. The lowest BCUT2D eigenvalue weighted by Crippen LogP contribution is -2.27. The van der Waals surface area contributed by atoms with E-state index in [1.165, 1.54) is 12.3 Å². The van der Waals surface area contributed by atoms with Crippen LogP contribution in [0.3, 0.4) is 0 Å². The molecule has 2 aromatic rings. The van der Waals surface area contributed by atoms with E-state index in [2.05, 4.69) is 15.5 Å². The van der Waals surface area contributed by atoms with Crippen LogP contribution in [0.4, 0.5) is 13.2 Å². The van der Waals surface area contributed by atoms with Gasteiger partial charge in [-0.05, 0) is 38.6 Å². The van der Waals surface area contributed by atoms with E-state index < -0.39 is 11.7 Å². The molecule has 0 saturated carbocycles. The lowest BCUT2D eigenvalue weighted by atomic mass is 9.97. The molecule has 0 unspecified atom stereocenters. The molecular weight excluding hydrogens is 395 g/mol. The molecule has 0 aliphatic rings. The Hall–Kier alpha value is -2.57. The third kappa shape index (κ3) is 6.21. The zero-order valence-corrected chi connectivity index (χ0v) is 17.7. The van der Waals surface area contributed by atoms with E-state index in [1.54, 1.807) is 0 Å². The number of alkyl halides is 3. The first kappa shape index (κ1) is 23.7. The van der Waals surface area contributed by atoms with Crippen molar-refractivity contribution >= 4 is 0 Å². The van der Waals surface area contributed by atoms with Gasteiger partial charge in [-0.2, -0.15) is 23.5 Å². The quantitative estimate of drug-likeness (QED) is 0.603. The van der Waals surface area contributed by atoms with Gasteiger partial charge < -0.3 is 10.1 Å². The van der Waals surface area contributed by atoms with E-state index >= 15 is 0 Å². The van der Waals surface area contributed by atoms with Crippen LogP contribution in [0.15, 0.2) is 18.3 Å². The predicted molar refractivity (Wildman–Crippen MR) is 109 cm³/mol. The van der Waals surface area contributed by atoms with Crippen LogP contribution in [0.25, 0.3) is 11.1 Å². The van der Waals surface area contributed by atoms with Gasteiger partial charge in [0.2, 0.25) is 0 Å². The van der Waals surface area contributed by atoms with Crippen LogP contribution in [0.1, 0.15) is 37.1 Å². The van der Waals surface area contributed by atoms with Gasteiger partial charge in [0.15, 0.2) is 0 Å². The number of likely N-dealkylation sites (N-methyl/N-ethyl adjacent to an activating group) is 2. The number of halogens is 3. The first-order chi connectivity index (χ1) is 14.2. The number of hydrogen-bond donors (Lipinski definition) is 2. The van der Waals surface area contributed by atoms with E-state index in [1.807, 2.05) is 38.9 Å². The van der Waals surface area contributed by atoms with Crippen LogP contribution in [0, 0.1) is 17.2 Å². The molecule has 30 heavy (non-hydrogen) atoms. The molecule has 0 amide bonds. The Bertz CT molecular complexity index is 871. The lowest BCUT2D eigenvalue weighted by Gasteiger charge is -2.18. The van der Waals surface area contributed by atoms with Gasteiger partial charge in [0.1, 0.15) is 5.75 Å². The molecule has 0 aliphatic heterocycles. The number of nitrogens with zero attached hydrogens (tertiary/aromatic N) is 3. The summed E-state index contributed by atoms with van der Waals surface area (Å²) < 4.78 is 46.6. The Balaban J connectivity index is 2.44. The van der Waals surface area contributed by atoms with E-state index in [0.717, 1.165) is 19.2 Å². The molecule has 0 atom stereocenters. The summed E-state index contributed by atoms with van der Waals surface area (Å²) in [4.78, 5) is 2.00. The second-order valence-corrected chi connectivity index (χ2v) is 7.62. The smallest absolute Gasteiger partial charge is 0.419 e. The second kappa shape index (κ2) is 10.5. The molecule has 0 saturated heterocycles. The Morgan fingerprint density at radius 1 is 1.30 bits per heavy atom. The molecule has 1 aromatic carbocycles. The van der Waals surface area contributed by atoms with Crippen molar-refractivity contribution < 1.29 is 17.9 Å². The second-order valence-electron chi connectivity index (χ2n) is 7.62. The minimum absolute atomic E-state index is 0.114. The van der Waals surface area contributed by atoms with Gasteiger partial charge in [-0.15, -0.1) is 0 Å². The van der Waals surface area contributed by atoms with Crippen molar-refractivity contribution in [3.05, 3.63) is 35.2 Å². The van der Waals surface area contributed by atoms with Gasteiger partial charge in [0.05, 0.1) is 29.5 Å². The Morgan fingerprint density at radius 3 is 2.63 bits per heavy atom. The topological polar surface area (TPSA) is 77.0 Å². The molecule has 164 valence electrons. The number of hydrogen-bond acceptors (Lipinski definition) is 5. The number of benzene rings is 1. The Labute approximate surface area is 175 Å². The van der Waals surface area contributed by atoms with Crippen molar-refractivity contribution in [3.8, 4) is 22.9 Å². The largest absolute Gasteiger partial charge is 0.493 e. The van der Waals surface area contributed by atoms with Crippen molar-refractivity contribution in [2.24, 2.45) is 5.92 Å². The fourth-order valence-corrected chi connectivity index (χ4v) is 2.95. The molecule has 1 aromatic heterocycles. The monoisotopic (exact) mass is 423 g/mol. The maximum absolute atomic E-state index is 13.7. The molecule has 0 spiro atoms. The number of ether oxygens (including phenoxy) is 1. The SMILES string of the molecule is CNCCN(C)Cc1n[nH]cc1-c1cc(C(F)(F)F)c(OCCC(C)C)cc1C#N. The molecule has 2 N–H and O–H groups in total. The molecule has 6 nitrogen and oxygen atoms in total. The summed E-state index contributed by atoms with van der Waals surface area (Å²) in [5.74, 6) is -0.0259. The first-order valence-electron chi connectivity index (χ1n) is 9.81. The number of H-pyrrole nitrogens is 1. The first-order valence-corrected chi connectivity index (χ1v) is 9.81. The van der Waals surface area contributed by atoms with E-state index in [4.69, 9.17) is 4.74 Å². The van der Waals surface area contributed by atoms with Crippen molar-refractivity contribution in [2.75, 3.05) is 33.8 Å². The third-order valence-corrected chi connectivity index (χ3v) is 4.67. The van der Waals surface area contributed by atoms with Gasteiger partial charge in [-0.1, -0.05) is 13.8 Å². The molecule has 0 radical (unpaired) electrons. The molecular formula is C21H28F3N5O. The average Bonchev–Trinajstić information content (AvgIpc) is 3.12. The third-order valence-electron chi connectivity index (χ3n) is 4.67. The molecule has 0 aliphatic carbocycles. The van der Waals surface area contributed by atoms with Crippen LogP contribution < -0.4 is 10.1 Å². The summed E-state index contributed by atoms with van der Waals surface area (Å²) >= 11 is 0. The fraction of sp³-hybridized carbons (Fsp3) is 0.524. The highest BCUT2D eigenvalue weighted by Gasteiger charge is 2.36. The summed E-state index contributed by atoms with van der Waals surface area (Å²) in [6.07, 6.45) is -2.47. The fourth-order valence-electron chi connectivity index (χ4n) is 2.95. The Kier molecular flexibility index (Phi) is 8.26. The molecule has 0 fully saturated rings. The van der Waals surface area contributed by atoms with Crippen LogP contribution in [0.2, 0.25) is 0 Å². The molecule has 9 heteroatoms. The van der Waals surface area contributed by atoms with Crippen LogP contribution in [0.5, 0.6) is 5.75 Å². The molecule has 1 heterocycles. The lowest BCUT2D eigenvalue weighted by molar-refractivity contribution is -0.138. The number of aromatic nitrogens is 2. The summed E-state index contributed by atoms with van der Waals surface area (Å²) in [5.41, 5.74) is 0.458. The van der Waals surface area contributed by atoms with Gasteiger partial charge in [0.25, 0.3) is 0 Å². The highest BCUT2D eigenvalue weighted by atomic mass is 19.4. The van der Waals surface area contributed by atoms with Crippen molar-refractivity contribution in [1.82, 2.24) is 20.4 Å². The number of rotatable bonds is 10. The van der Waals surface area contributed by atoms with Crippen molar-refractivity contribution in [3.63, 3.8) is 0 Å². The van der Waals surface area contributed by atoms with Crippen LogP contribution in [-0.2, 0) is 12.7 Å². The number of aromatic amines is 1. The molecule has 0 bridgehead atoms. The number of nitrogens with one attached hydrogen (secondary N) is 2. The Morgan fingerprint density at radius 2 is 2.03 bits per heavy atom. The average molecular weight is 423 g/mol. The van der Waals surface area contributed by atoms with Gasteiger partial charge in [-0.25, -0.2) is 0 Å². The van der Waals surface area contributed by atoms with Gasteiger partial charge >= 0.3 is 6.18 Å². The standard InChI is InChI=1S/C21H28F3N5O/c1-14(2)5-8-30-20-9-15(11-25)16(10-18(20)21(22,23)24)17-12-27-28-19(17)13-29(4)7-6-26-3/h9-10,12,14,26H,5-8,13H2,1-4H3,(H,27,28). The maximum atomic E-state index is 13.7. The van der Waals surface area contributed by atoms with E-state index in [-0.39, 0.29) is 23.5 Å². The summed E-state index contributed by atoms with van der Waals surface area (Å²) in [7, 11) is 3.74. The summed E-state index contributed by atoms with van der Waals surface area (Å²) in [6.45, 7) is 6.01. The van der Waals surface area contributed by atoms with Crippen LogP contribution >= 0.6 is 0 Å². The minimum atomic E-state index is -4.61. The zero-order valence-electron chi connectivity index (χ0n) is 17.7. The van der Waals surface area contributed by atoms with Crippen molar-refractivity contribution in [2.45, 2.75) is 33.0 Å². The van der Waals surface area contributed by atoms with Crippen LogP contribution in [-0.4, -0.2) is 48.9 Å². The zero-order chi connectivity index (χ0) is 22.3. The van der Waals surface area contributed by atoms with E-state index in [0.29, 0.717) is 30.1 Å². The molecule has 2 rings (SSSR count). The highest BCUT2D eigenvalue weighted by Crippen LogP contribution is 2.41. The number of nitriles is 1. The van der Waals surface area contributed by atoms with Crippen molar-refractivity contribution in [1.29, 1.82) is 5.26 Å². The maximum Gasteiger partial charge on any atom is 0.419 e. The minimum Gasteiger partial charge on any atom is -0.493 e. The van der Waals surface area contributed by atoms with Gasteiger partial charge in [0, 0.05) is 37.0 Å². The normalized spacial score (nSPS) is 11.9. The summed E-state index contributed by atoms with van der Waals surface area (Å²) in [5, 5.41) is 19.6.